The van der Waals surface area contributed by atoms with Crippen molar-refractivity contribution >= 4 is 27.6 Å². The molecule has 0 fully saturated rings. The third-order valence-electron chi connectivity index (χ3n) is 3.63. The van der Waals surface area contributed by atoms with Crippen molar-refractivity contribution in [2.45, 2.75) is 17.9 Å². The number of rotatable bonds is 6. The van der Waals surface area contributed by atoms with Crippen LogP contribution >= 0.6 is 11.6 Å². The molecule has 0 spiro atoms. The summed E-state index contributed by atoms with van der Waals surface area (Å²) in [5.41, 5.74) is 0.922. The molecule has 0 saturated heterocycles. The van der Waals surface area contributed by atoms with Crippen LogP contribution in [-0.4, -0.2) is 35.7 Å². The van der Waals surface area contributed by atoms with Gasteiger partial charge in [-0.15, -0.1) is 10.2 Å². The number of benzene rings is 2. The van der Waals surface area contributed by atoms with Gasteiger partial charge in [-0.05, 0) is 37.3 Å². The molecule has 27 heavy (non-hydrogen) atoms. The summed E-state index contributed by atoms with van der Waals surface area (Å²) in [7, 11) is -4.08. The fourth-order valence-corrected chi connectivity index (χ4v) is 3.64. The molecular formula is C17H14ClN3O5S. The number of aromatic nitrogens is 2. The van der Waals surface area contributed by atoms with Gasteiger partial charge in [0, 0.05) is 5.56 Å². The zero-order valence-electron chi connectivity index (χ0n) is 14.0. The summed E-state index contributed by atoms with van der Waals surface area (Å²) in [6.07, 6.45) is 0. The molecule has 0 saturated carbocycles. The Morgan fingerprint density at radius 2 is 1.81 bits per heavy atom. The second kappa shape index (κ2) is 7.47. The van der Waals surface area contributed by atoms with Crippen LogP contribution in [0.15, 0.2) is 57.8 Å². The van der Waals surface area contributed by atoms with Crippen LogP contribution in [0.2, 0.25) is 5.02 Å². The summed E-state index contributed by atoms with van der Waals surface area (Å²) in [6, 6.07) is 11.6. The smallest absolute Gasteiger partial charge is 0.321 e. The molecule has 2 aromatic carbocycles. The molecule has 0 aliphatic carbocycles. The second-order valence-electron chi connectivity index (χ2n) is 5.60. The average molecular weight is 408 g/mol. The monoisotopic (exact) mass is 407 g/mol. The van der Waals surface area contributed by atoms with Crippen LogP contribution in [-0.2, 0) is 14.8 Å². The number of hydrogen-bond donors (Lipinski definition) is 2. The van der Waals surface area contributed by atoms with Crippen molar-refractivity contribution in [3.05, 3.63) is 53.6 Å². The van der Waals surface area contributed by atoms with Crippen molar-refractivity contribution in [3.8, 4) is 22.9 Å². The Morgan fingerprint density at radius 1 is 1.15 bits per heavy atom. The number of hydrogen-bond acceptors (Lipinski definition) is 6. The highest BCUT2D eigenvalue weighted by Crippen LogP contribution is 2.31. The molecule has 1 heterocycles. The number of aliphatic carboxylic acids is 1. The first kappa shape index (κ1) is 19.0. The van der Waals surface area contributed by atoms with Crippen molar-refractivity contribution in [2.24, 2.45) is 0 Å². The molecule has 8 nitrogen and oxygen atoms in total. The number of nitrogens with zero attached hydrogens (tertiary/aromatic N) is 2. The maximum absolute atomic E-state index is 12.4. The Labute approximate surface area is 159 Å². The first-order valence-electron chi connectivity index (χ1n) is 7.72. The van der Waals surface area contributed by atoms with Crippen LogP contribution in [0.1, 0.15) is 6.92 Å². The summed E-state index contributed by atoms with van der Waals surface area (Å²) in [5, 5.41) is 17.0. The van der Waals surface area contributed by atoms with Crippen LogP contribution in [0.4, 0.5) is 0 Å². The molecular weight excluding hydrogens is 394 g/mol. The second-order valence-corrected chi connectivity index (χ2v) is 7.72. The number of nitrogens with one attached hydrogen (secondary N) is 1. The number of carboxylic acid groups (broad SMARTS) is 1. The molecule has 0 bridgehead atoms. The van der Waals surface area contributed by atoms with Crippen LogP contribution < -0.4 is 4.72 Å². The van der Waals surface area contributed by atoms with E-state index < -0.39 is 22.0 Å². The van der Waals surface area contributed by atoms with Crippen LogP contribution in [0.25, 0.3) is 22.9 Å². The highest BCUT2D eigenvalue weighted by Gasteiger charge is 2.23. The summed E-state index contributed by atoms with van der Waals surface area (Å²) >= 11 is 6.16. The predicted octanol–water partition coefficient (Wildman–Crippen LogP) is 2.81. The minimum Gasteiger partial charge on any atom is -0.480 e. The van der Waals surface area contributed by atoms with Gasteiger partial charge in [0.1, 0.15) is 6.04 Å². The van der Waals surface area contributed by atoms with E-state index in [9.17, 15) is 13.2 Å². The zero-order chi connectivity index (χ0) is 19.6. The van der Waals surface area contributed by atoms with E-state index >= 15 is 0 Å². The number of carbonyl (C=O) groups is 1. The molecule has 0 aliphatic heterocycles. The van der Waals surface area contributed by atoms with Crippen LogP contribution in [0.5, 0.6) is 0 Å². The van der Waals surface area contributed by atoms with Gasteiger partial charge in [-0.3, -0.25) is 4.79 Å². The molecule has 3 rings (SSSR count). The van der Waals surface area contributed by atoms with Gasteiger partial charge >= 0.3 is 5.97 Å². The molecule has 1 atom stereocenters. The Balaban J connectivity index is 1.97. The molecule has 1 aromatic heterocycles. The standard InChI is InChI=1S/C17H14ClN3O5S/c1-10(17(22)23)21-27(24,25)12-7-8-14(18)13(9-12)16-20-19-15(26-16)11-5-3-2-4-6-11/h2-10,21H,1H3,(H,22,23)/t10-/m1/s1. The van der Waals surface area contributed by atoms with E-state index in [4.69, 9.17) is 21.1 Å². The molecule has 0 aliphatic rings. The van der Waals surface area contributed by atoms with Gasteiger partial charge in [-0.2, -0.15) is 4.72 Å². The van der Waals surface area contributed by atoms with Gasteiger partial charge < -0.3 is 9.52 Å². The molecule has 0 unspecified atom stereocenters. The fraction of sp³-hybridized carbons (Fsp3) is 0.118. The quantitative estimate of drug-likeness (QED) is 0.644. The Morgan fingerprint density at radius 3 is 2.48 bits per heavy atom. The molecule has 3 aromatic rings. The Hall–Kier alpha value is -2.75. The molecule has 10 heteroatoms. The van der Waals surface area contributed by atoms with E-state index in [-0.39, 0.29) is 27.3 Å². The van der Waals surface area contributed by atoms with Gasteiger partial charge in [0.2, 0.25) is 21.8 Å². The summed E-state index contributed by atoms with van der Waals surface area (Å²) in [5.74, 6) is -0.994. The number of sulfonamides is 1. The van der Waals surface area contributed by atoms with Gasteiger partial charge in [0.05, 0.1) is 15.5 Å². The lowest BCUT2D eigenvalue weighted by molar-refractivity contribution is -0.138. The third kappa shape index (κ3) is 4.16. The van der Waals surface area contributed by atoms with E-state index in [0.29, 0.717) is 5.56 Å². The van der Waals surface area contributed by atoms with Crippen molar-refractivity contribution in [3.63, 3.8) is 0 Å². The van der Waals surface area contributed by atoms with Crippen LogP contribution in [0, 0.1) is 0 Å². The number of halogens is 1. The van der Waals surface area contributed by atoms with E-state index in [1.54, 1.807) is 12.1 Å². The number of carboxylic acids is 1. The van der Waals surface area contributed by atoms with E-state index in [1.165, 1.54) is 25.1 Å². The van der Waals surface area contributed by atoms with Crippen molar-refractivity contribution < 1.29 is 22.7 Å². The SMILES string of the molecule is C[C@@H](NS(=O)(=O)c1ccc(Cl)c(-c2nnc(-c3ccccc3)o2)c1)C(=O)O. The minimum atomic E-state index is -4.08. The van der Waals surface area contributed by atoms with E-state index in [2.05, 4.69) is 14.9 Å². The van der Waals surface area contributed by atoms with Crippen LogP contribution in [0.3, 0.4) is 0 Å². The van der Waals surface area contributed by atoms with Crippen molar-refractivity contribution in [1.82, 2.24) is 14.9 Å². The predicted molar refractivity (Wildman–Crippen MR) is 97.6 cm³/mol. The van der Waals surface area contributed by atoms with E-state index in [1.807, 2.05) is 18.2 Å². The molecule has 0 radical (unpaired) electrons. The lowest BCUT2D eigenvalue weighted by Gasteiger charge is -2.11. The Bertz CT molecular complexity index is 1080. The highest BCUT2D eigenvalue weighted by atomic mass is 35.5. The van der Waals surface area contributed by atoms with Gasteiger partial charge in [-0.25, -0.2) is 8.42 Å². The maximum Gasteiger partial charge on any atom is 0.321 e. The summed E-state index contributed by atoms with van der Waals surface area (Å²) < 4.78 is 32.4. The highest BCUT2D eigenvalue weighted by molar-refractivity contribution is 7.89. The lowest BCUT2D eigenvalue weighted by Crippen LogP contribution is -2.38. The lowest BCUT2D eigenvalue weighted by atomic mass is 10.2. The molecule has 2 N–H and O–H groups in total. The van der Waals surface area contributed by atoms with Gasteiger partial charge in [0.25, 0.3) is 0 Å². The summed E-state index contributed by atoms with van der Waals surface area (Å²) in [6.45, 7) is 1.22. The van der Waals surface area contributed by atoms with E-state index in [0.717, 1.165) is 0 Å². The van der Waals surface area contributed by atoms with Crippen molar-refractivity contribution in [1.29, 1.82) is 0 Å². The first-order valence-corrected chi connectivity index (χ1v) is 9.58. The zero-order valence-corrected chi connectivity index (χ0v) is 15.5. The minimum absolute atomic E-state index is 0.0437. The third-order valence-corrected chi connectivity index (χ3v) is 5.49. The largest absolute Gasteiger partial charge is 0.480 e. The molecule has 0 amide bonds. The maximum atomic E-state index is 12.4. The van der Waals surface area contributed by atoms with Gasteiger partial charge in [0.15, 0.2) is 0 Å². The molecule has 140 valence electrons. The van der Waals surface area contributed by atoms with Gasteiger partial charge in [-0.1, -0.05) is 29.8 Å². The van der Waals surface area contributed by atoms with Crippen molar-refractivity contribution in [2.75, 3.05) is 0 Å². The first-order chi connectivity index (χ1) is 12.8. The summed E-state index contributed by atoms with van der Waals surface area (Å²) in [4.78, 5) is 10.7. The Kier molecular flexibility index (Phi) is 5.26. The topological polar surface area (TPSA) is 122 Å². The average Bonchev–Trinajstić information content (AvgIpc) is 3.12. The normalized spacial score (nSPS) is 12.7. The fourth-order valence-electron chi connectivity index (χ4n) is 2.22.